The van der Waals surface area contributed by atoms with Crippen molar-refractivity contribution in [3.63, 3.8) is 0 Å². The van der Waals surface area contributed by atoms with Gasteiger partial charge in [0.2, 0.25) is 0 Å². The van der Waals surface area contributed by atoms with Crippen LogP contribution >= 0.6 is 0 Å². The van der Waals surface area contributed by atoms with Crippen LogP contribution in [0.15, 0.2) is 24.3 Å². The van der Waals surface area contributed by atoms with Crippen LogP contribution in [0.2, 0.25) is 0 Å². The summed E-state index contributed by atoms with van der Waals surface area (Å²) in [5, 5.41) is 8.56. The smallest absolute Gasteiger partial charge is 0.303 e. The molecule has 0 saturated heterocycles. The summed E-state index contributed by atoms with van der Waals surface area (Å²) < 4.78 is 0. The first-order valence-corrected chi connectivity index (χ1v) is 12.6. The highest BCUT2D eigenvalue weighted by molar-refractivity contribution is 5.66. The molecular weight excluding hydrogens is 356 g/mol. The molecule has 2 heteroatoms. The first kappa shape index (κ1) is 27.9. The summed E-state index contributed by atoms with van der Waals surface area (Å²) >= 11 is 0. The van der Waals surface area contributed by atoms with Gasteiger partial charge in [-0.3, -0.25) is 4.79 Å². The van der Waals surface area contributed by atoms with Gasteiger partial charge in [-0.15, -0.1) is 0 Å². The van der Waals surface area contributed by atoms with Crippen LogP contribution in [0.1, 0.15) is 136 Å². The molecular formula is C27H50O2. The van der Waals surface area contributed by atoms with Gasteiger partial charge < -0.3 is 5.11 Å². The maximum absolute atomic E-state index is 10.4. The van der Waals surface area contributed by atoms with E-state index >= 15 is 0 Å². The third-order valence-corrected chi connectivity index (χ3v) is 5.50. The number of carbonyl (C=O) groups is 1. The monoisotopic (exact) mass is 406 g/mol. The molecule has 0 atom stereocenters. The van der Waals surface area contributed by atoms with E-state index in [4.69, 9.17) is 5.11 Å². The minimum absolute atomic E-state index is 0.281. The summed E-state index contributed by atoms with van der Waals surface area (Å²) in [6, 6.07) is 0. The van der Waals surface area contributed by atoms with E-state index < -0.39 is 5.97 Å². The Morgan fingerprint density at radius 3 is 1.41 bits per heavy atom. The van der Waals surface area contributed by atoms with E-state index in [2.05, 4.69) is 38.2 Å². The molecule has 0 aromatic rings. The van der Waals surface area contributed by atoms with Crippen molar-refractivity contribution in [2.45, 2.75) is 136 Å². The number of allylic oxidation sites excluding steroid dienone is 4. The summed E-state index contributed by atoms with van der Waals surface area (Å²) in [7, 11) is 0. The zero-order valence-electron chi connectivity index (χ0n) is 19.7. The van der Waals surface area contributed by atoms with Crippen molar-refractivity contribution in [2.75, 3.05) is 0 Å². The lowest BCUT2D eigenvalue weighted by atomic mass is 10.0. The molecule has 0 heterocycles. The fourth-order valence-electron chi connectivity index (χ4n) is 3.62. The molecule has 0 aromatic carbocycles. The van der Waals surface area contributed by atoms with Crippen LogP contribution in [0.5, 0.6) is 0 Å². The normalized spacial score (nSPS) is 12.0. The Balaban J connectivity index is 3.15. The van der Waals surface area contributed by atoms with Crippen molar-refractivity contribution in [2.24, 2.45) is 5.92 Å². The molecule has 0 aromatic heterocycles. The zero-order valence-corrected chi connectivity index (χ0v) is 19.7. The quantitative estimate of drug-likeness (QED) is 0.144. The van der Waals surface area contributed by atoms with Gasteiger partial charge in [-0.1, -0.05) is 115 Å². The second kappa shape index (κ2) is 23.2. The Morgan fingerprint density at radius 1 is 0.586 bits per heavy atom. The predicted molar refractivity (Wildman–Crippen MR) is 128 cm³/mol. The van der Waals surface area contributed by atoms with Gasteiger partial charge in [-0.25, -0.2) is 0 Å². The Bertz CT molecular complexity index is 395. The van der Waals surface area contributed by atoms with Gasteiger partial charge in [0.05, 0.1) is 0 Å². The van der Waals surface area contributed by atoms with E-state index in [1.807, 2.05) is 0 Å². The topological polar surface area (TPSA) is 37.3 Å². The maximum atomic E-state index is 10.4. The molecule has 0 spiro atoms. The maximum Gasteiger partial charge on any atom is 0.303 e. The van der Waals surface area contributed by atoms with E-state index in [9.17, 15) is 4.79 Å². The Kier molecular flexibility index (Phi) is 22.4. The van der Waals surface area contributed by atoms with Crippen LogP contribution < -0.4 is 0 Å². The molecule has 0 aliphatic rings. The van der Waals surface area contributed by atoms with Crippen LogP contribution in [-0.2, 0) is 4.79 Å². The van der Waals surface area contributed by atoms with Gasteiger partial charge in [0.25, 0.3) is 0 Å². The Hall–Kier alpha value is -1.05. The van der Waals surface area contributed by atoms with Crippen molar-refractivity contribution in [3.05, 3.63) is 24.3 Å². The van der Waals surface area contributed by atoms with Gasteiger partial charge in [0.15, 0.2) is 0 Å². The molecule has 0 aliphatic carbocycles. The summed E-state index contributed by atoms with van der Waals surface area (Å²) in [4.78, 5) is 10.4. The fraction of sp³-hybridized carbons (Fsp3) is 0.815. The van der Waals surface area contributed by atoms with E-state index in [0.717, 1.165) is 31.6 Å². The van der Waals surface area contributed by atoms with Crippen molar-refractivity contribution in [1.29, 1.82) is 0 Å². The second-order valence-corrected chi connectivity index (χ2v) is 9.02. The average Bonchev–Trinajstić information content (AvgIpc) is 2.68. The number of rotatable bonds is 22. The molecule has 29 heavy (non-hydrogen) atoms. The summed E-state index contributed by atoms with van der Waals surface area (Å²) in [5.74, 6) is 0.183. The number of hydrogen-bond donors (Lipinski definition) is 1. The largest absolute Gasteiger partial charge is 0.481 e. The second-order valence-electron chi connectivity index (χ2n) is 9.02. The van der Waals surface area contributed by atoms with Crippen molar-refractivity contribution in [1.82, 2.24) is 0 Å². The highest BCUT2D eigenvalue weighted by Crippen LogP contribution is 2.14. The Labute approximate surface area is 182 Å². The van der Waals surface area contributed by atoms with Gasteiger partial charge >= 0.3 is 5.97 Å². The lowest BCUT2D eigenvalue weighted by Gasteiger charge is -2.04. The van der Waals surface area contributed by atoms with Gasteiger partial charge in [0, 0.05) is 6.42 Å². The zero-order chi connectivity index (χ0) is 21.4. The number of carboxylic acids is 1. The lowest BCUT2D eigenvalue weighted by Crippen LogP contribution is -1.92. The first-order valence-electron chi connectivity index (χ1n) is 12.6. The molecule has 170 valence electrons. The minimum atomic E-state index is -0.695. The minimum Gasteiger partial charge on any atom is -0.481 e. The Morgan fingerprint density at radius 2 is 0.966 bits per heavy atom. The standard InChI is InChI=1S/C27H50O2/c1-26(2)24-22-20-18-16-14-12-10-8-6-4-3-5-7-9-11-13-15-17-19-21-23-25-27(28)29/h9,11,17,19,26H,3-8,10,12-16,18,20-25H2,1-2H3,(H,28,29)/b11-9+,19-17+. The number of carboxylic acid groups (broad SMARTS) is 1. The van der Waals surface area contributed by atoms with Gasteiger partial charge in [-0.2, -0.15) is 0 Å². The van der Waals surface area contributed by atoms with Crippen molar-refractivity contribution >= 4 is 5.97 Å². The lowest BCUT2D eigenvalue weighted by molar-refractivity contribution is -0.137. The number of aliphatic carboxylic acids is 1. The highest BCUT2D eigenvalue weighted by Gasteiger charge is 1.96. The molecule has 0 aliphatic heterocycles. The van der Waals surface area contributed by atoms with Crippen LogP contribution in [-0.4, -0.2) is 11.1 Å². The fourth-order valence-corrected chi connectivity index (χ4v) is 3.62. The van der Waals surface area contributed by atoms with Crippen molar-refractivity contribution < 1.29 is 9.90 Å². The summed E-state index contributed by atoms with van der Waals surface area (Å²) in [6.45, 7) is 4.65. The number of unbranched alkanes of at least 4 members (excludes halogenated alkanes) is 14. The van der Waals surface area contributed by atoms with Gasteiger partial charge in [-0.05, 0) is 44.4 Å². The molecule has 0 unspecified atom stereocenters. The highest BCUT2D eigenvalue weighted by atomic mass is 16.4. The third kappa shape index (κ3) is 26.9. The molecule has 2 nitrogen and oxygen atoms in total. The molecule has 0 radical (unpaired) electrons. The van der Waals surface area contributed by atoms with Crippen LogP contribution in [0.3, 0.4) is 0 Å². The van der Waals surface area contributed by atoms with E-state index in [-0.39, 0.29) is 6.42 Å². The number of hydrogen-bond acceptors (Lipinski definition) is 1. The van der Waals surface area contributed by atoms with Crippen LogP contribution in [0.25, 0.3) is 0 Å². The summed E-state index contributed by atoms with van der Waals surface area (Å²) in [6.07, 6.45) is 32.7. The first-order chi connectivity index (χ1) is 14.1. The van der Waals surface area contributed by atoms with E-state index in [0.29, 0.717) is 0 Å². The van der Waals surface area contributed by atoms with Crippen LogP contribution in [0, 0.1) is 5.92 Å². The average molecular weight is 407 g/mol. The molecule has 0 saturated carbocycles. The molecule has 1 N–H and O–H groups in total. The molecule has 0 rings (SSSR count). The van der Waals surface area contributed by atoms with E-state index in [1.54, 1.807) is 0 Å². The van der Waals surface area contributed by atoms with Crippen LogP contribution in [0.4, 0.5) is 0 Å². The van der Waals surface area contributed by atoms with Gasteiger partial charge in [0.1, 0.15) is 0 Å². The molecule has 0 amide bonds. The molecule has 0 fully saturated rings. The predicted octanol–water partition coefficient (Wildman–Crippen LogP) is 9.25. The third-order valence-electron chi connectivity index (χ3n) is 5.50. The van der Waals surface area contributed by atoms with Crippen molar-refractivity contribution in [3.8, 4) is 0 Å². The SMILES string of the molecule is CC(C)CCCCCCCCCCCCCC/C=C/CC/C=C/CCCC(=O)O. The van der Waals surface area contributed by atoms with E-state index in [1.165, 1.54) is 89.9 Å². The molecule has 0 bridgehead atoms. The summed E-state index contributed by atoms with van der Waals surface area (Å²) in [5.41, 5.74) is 0.